The summed E-state index contributed by atoms with van der Waals surface area (Å²) in [6, 6.07) is 8.13. The lowest BCUT2D eigenvalue weighted by atomic mass is 9.33. The normalized spacial score (nSPS) is 40.4. The van der Waals surface area contributed by atoms with E-state index in [-0.39, 0.29) is 22.1 Å². The first-order valence-electron chi connectivity index (χ1n) is 20.6. The van der Waals surface area contributed by atoms with Gasteiger partial charge in [0.25, 0.3) is 6.47 Å². The van der Waals surface area contributed by atoms with E-state index in [4.69, 9.17) is 4.74 Å². The summed E-state index contributed by atoms with van der Waals surface area (Å²) in [6.07, 6.45) is 14.0. The van der Waals surface area contributed by atoms with Crippen LogP contribution in [-0.2, 0) is 14.8 Å². The molecule has 1 heterocycles. The molecule has 1 N–H and O–H groups in total. The number of ether oxygens (including phenoxy) is 1. The molecule has 7 nitrogen and oxygen atoms in total. The van der Waals surface area contributed by atoms with Gasteiger partial charge in [0, 0.05) is 44.8 Å². The Bertz CT molecular complexity index is 1660. The van der Waals surface area contributed by atoms with Crippen molar-refractivity contribution >= 4 is 22.1 Å². The zero-order valence-electron chi connectivity index (χ0n) is 33.3. The molecule has 1 saturated heterocycles. The number of hydrogen-bond donors (Lipinski definition) is 1. The van der Waals surface area contributed by atoms with Crippen LogP contribution in [0.2, 0.25) is 0 Å². The lowest BCUT2D eigenvalue weighted by Crippen LogP contribution is -2.68. The molecule has 1 aromatic carbocycles. The number of allylic oxidation sites excluding steroid dienone is 3. The number of carbonyl (C=O) groups excluding carboxylic acids is 1. The Morgan fingerprint density at radius 1 is 0.923 bits per heavy atom. The highest BCUT2D eigenvalue weighted by Crippen LogP contribution is 2.76. The third-order valence-corrected chi connectivity index (χ3v) is 18.9. The number of fused-ring (bicyclic) bond motifs is 7. The van der Waals surface area contributed by atoms with Gasteiger partial charge >= 0.3 is 0 Å². The van der Waals surface area contributed by atoms with Gasteiger partial charge in [0.2, 0.25) is 10.0 Å². The van der Waals surface area contributed by atoms with Gasteiger partial charge < -0.3 is 10.1 Å². The van der Waals surface area contributed by atoms with E-state index in [0.29, 0.717) is 65.7 Å². The number of piperazine rings is 1. The second-order valence-corrected chi connectivity index (χ2v) is 21.4. The first-order chi connectivity index (χ1) is 24.6. The van der Waals surface area contributed by atoms with Crippen molar-refractivity contribution in [2.24, 2.45) is 51.2 Å². The van der Waals surface area contributed by atoms with Crippen LogP contribution in [0.15, 0.2) is 42.5 Å². The molecule has 9 atom stereocenters. The predicted molar refractivity (Wildman–Crippen MR) is 211 cm³/mol. The molecule has 288 valence electrons. The summed E-state index contributed by atoms with van der Waals surface area (Å²) in [5.74, 6) is 3.99. The Hall–Kier alpha value is -2.00. The van der Waals surface area contributed by atoms with Crippen LogP contribution in [-0.4, -0.2) is 74.7 Å². The van der Waals surface area contributed by atoms with Gasteiger partial charge in [-0.3, -0.25) is 9.69 Å². The fourth-order valence-electron chi connectivity index (χ4n) is 14.2. The summed E-state index contributed by atoms with van der Waals surface area (Å²) in [4.78, 5) is 13.4. The topological polar surface area (TPSA) is 78.9 Å². The SMILES string of the molecule is C=C(C)[C@@H]1CC[C@]2(NCCN3CCN(S(=O)(=O)CC)CC3)CC[C@]3(C)[C@H](CC[C@@H]4[C@@]5(C)CC=C(c6ccc(OC=O)cc6)C(C)(C)[C@@H]5CC[C@]43C)[C@@H]12. The third kappa shape index (κ3) is 5.91. The molecule has 8 heteroatoms. The van der Waals surface area contributed by atoms with Crippen molar-refractivity contribution in [3.05, 3.63) is 48.1 Å². The van der Waals surface area contributed by atoms with Gasteiger partial charge in [-0.15, -0.1) is 0 Å². The van der Waals surface area contributed by atoms with E-state index in [1.165, 1.54) is 68.1 Å². The molecule has 0 spiro atoms. The molecule has 1 aliphatic heterocycles. The first-order valence-corrected chi connectivity index (χ1v) is 22.2. The van der Waals surface area contributed by atoms with E-state index in [0.717, 1.165) is 32.6 Å². The maximum absolute atomic E-state index is 12.4. The number of rotatable bonds is 10. The summed E-state index contributed by atoms with van der Waals surface area (Å²) >= 11 is 0. The van der Waals surface area contributed by atoms with Gasteiger partial charge in [0.1, 0.15) is 5.75 Å². The number of carbonyl (C=O) groups is 1. The van der Waals surface area contributed by atoms with E-state index in [1.54, 1.807) is 11.2 Å². The molecule has 0 amide bonds. The maximum atomic E-state index is 12.4. The summed E-state index contributed by atoms with van der Waals surface area (Å²) in [7, 11) is -3.11. The highest BCUT2D eigenvalue weighted by molar-refractivity contribution is 7.89. The van der Waals surface area contributed by atoms with Gasteiger partial charge in [-0.1, -0.05) is 65.0 Å². The van der Waals surface area contributed by atoms with Crippen molar-refractivity contribution in [3.8, 4) is 5.75 Å². The molecule has 7 rings (SSSR count). The molecule has 52 heavy (non-hydrogen) atoms. The van der Waals surface area contributed by atoms with Crippen molar-refractivity contribution in [3.63, 3.8) is 0 Å². The van der Waals surface area contributed by atoms with Gasteiger partial charge in [0.15, 0.2) is 0 Å². The Balaban J connectivity index is 1.10. The fourth-order valence-corrected chi connectivity index (χ4v) is 15.3. The molecular formula is C44H67N3O4S. The molecule has 5 aliphatic carbocycles. The van der Waals surface area contributed by atoms with E-state index >= 15 is 0 Å². The number of benzene rings is 1. The summed E-state index contributed by atoms with van der Waals surface area (Å²) in [6.45, 7) is 27.1. The molecule has 5 fully saturated rings. The number of hydrogen-bond acceptors (Lipinski definition) is 6. The number of nitrogens with one attached hydrogen (secondary N) is 1. The van der Waals surface area contributed by atoms with E-state index in [1.807, 2.05) is 12.1 Å². The first kappa shape index (κ1) is 38.3. The quantitative estimate of drug-likeness (QED) is 0.193. The van der Waals surface area contributed by atoms with Crippen molar-refractivity contribution in [1.29, 1.82) is 0 Å². The van der Waals surface area contributed by atoms with Gasteiger partial charge in [-0.05, 0) is 146 Å². The van der Waals surface area contributed by atoms with Crippen LogP contribution in [0.5, 0.6) is 5.75 Å². The minimum absolute atomic E-state index is 0.0537. The van der Waals surface area contributed by atoms with Crippen LogP contribution in [0.1, 0.15) is 112 Å². The highest BCUT2D eigenvalue weighted by atomic mass is 32.2. The van der Waals surface area contributed by atoms with Crippen LogP contribution in [0.25, 0.3) is 5.57 Å². The second kappa shape index (κ2) is 13.6. The smallest absolute Gasteiger partial charge is 0.298 e. The van der Waals surface area contributed by atoms with Gasteiger partial charge in [-0.25, -0.2) is 8.42 Å². The van der Waals surface area contributed by atoms with E-state index in [2.05, 4.69) is 76.5 Å². The summed E-state index contributed by atoms with van der Waals surface area (Å²) in [5.41, 5.74) is 5.15. The molecule has 6 aliphatic rings. The van der Waals surface area contributed by atoms with Crippen molar-refractivity contribution in [2.75, 3.05) is 45.0 Å². The maximum Gasteiger partial charge on any atom is 0.298 e. The Morgan fingerprint density at radius 2 is 1.63 bits per heavy atom. The molecule has 4 saturated carbocycles. The Morgan fingerprint density at radius 3 is 2.29 bits per heavy atom. The zero-order chi connectivity index (χ0) is 37.3. The Labute approximate surface area is 315 Å². The highest BCUT2D eigenvalue weighted by Gasteiger charge is 2.70. The molecule has 0 aromatic heterocycles. The standard InChI is InChI=1S/C44H67N3O4S/c1-9-52(49,50)47-28-26-46(27-29-47)25-24-45-44-21-16-34(31(2)3)39(44)36-14-15-38-41(6)19-17-35(32-10-12-33(13-11-32)51-30-48)40(4,5)37(41)18-20-43(38,8)42(36,7)22-23-44/h10-13,17,30,34,36-39,45H,2,9,14-16,18-29H2,1,3-8H3/t34-,36+,37-,38+,39+,41-,42+,43+,44-/m0/s1. The van der Waals surface area contributed by atoms with Gasteiger partial charge in [0.05, 0.1) is 5.75 Å². The lowest BCUT2D eigenvalue weighted by molar-refractivity contribution is -0.219. The molecule has 0 bridgehead atoms. The summed E-state index contributed by atoms with van der Waals surface area (Å²) < 4.78 is 31.6. The van der Waals surface area contributed by atoms with Crippen molar-refractivity contribution < 1.29 is 17.9 Å². The number of sulfonamides is 1. The zero-order valence-corrected chi connectivity index (χ0v) is 34.1. The molecular weight excluding hydrogens is 667 g/mol. The van der Waals surface area contributed by atoms with E-state index < -0.39 is 10.0 Å². The predicted octanol–water partition coefficient (Wildman–Crippen LogP) is 8.18. The largest absolute Gasteiger partial charge is 0.429 e. The van der Waals surface area contributed by atoms with Crippen LogP contribution < -0.4 is 10.1 Å². The minimum atomic E-state index is -3.11. The summed E-state index contributed by atoms with van der Waals surface area (Å²) in [5, 5.41) is 4.26. The molecule has 0 unspecified atom stereocenters. The molecule has 1 aromatic rings. The van der Waals surface area contributed by atoms with E-state index in [9.17, 15) is 13.2 Å². The van der Waals surface area contributed by atoms with Crippen molar-refractivity contribution in [1.82, 2.24) is 14.5 Å². The third-order valence-electron chi connectivity index (χ3n) is 17.0. The van der Waals surface area contributed by atoms with Crippen molar-refractivity contribution in [2.45, 2.75) is 112 Å². The van der Waals surface area contributed by atoms with Gasteiger partial charge in [-0.2, -0.15) is 4.31 Å². The average molecular weight is 734 g/mol. The van der Waals surface area contributed by atoms with Crippen LogP contribution >= 0.6 is 0 Å². The number of nitrogens with zero attached hydrogens (tertiary/aromatic N) is 2. The lowest BCUT2D eigenvalue weighted by Gasteiger charge is -2.72. The Kier molecular flexibility index (Phi) is 10.0. The second-order valence-electron chi connectivity index (χ2n) is 19.2. The minimum Gasteiger partial charge on any atom is -0.429 e. The molecule has 0 radical (unpaired) electrons. The average Bonchev–Trinajstić information content (AvgIpc) is 3.49. The monoisotopic (exact) mass is 733 g/mol. The van der Waals surface area contributed by atoms with Crippen LogP contribution in [0.3, 0.4) is 0 Å². The van der Waals surface area contributed by atoms with Crippen LogP contribution in [0, 0.1) is 51.2 Å². The fraction of sp³-hybridized carbons (Fsp3) is 0.750. The van der Waals surface area contributed by atoms with Crippen LogP contribution in [0.4, 0.5) is 0 Å².